The van der Waals surface area contributed by atoms with Gasteiger partial charge in [0.2, 0.25) is 0 Å². The second-order valence-electron chi connectivity index (χ2n) is 5.26. The lowest BCUT2D eigenvalue weighted by Crippen LogP contribution is -2.38. The number of aryl methyl sites for hydroxylation is 1. The van der Waals surface area contributed by atoms with Gasteiger partial charge in [0, 0.05) is 37.2 Å². The Balaban J connectivity index is 1.73. The number of rotatable bonds is 7. The number of para-hydroxylation sites is 1. The van der Waals surface area contributed by atoms with E-state index in [0.717, 1.165) is 18.4 Å². The fourth-order valence-electron chi connectivity index (χ4n) is 2.31. The van der Waals surface area contributed by atoms with Crippen LogP contribution >= 0.6 is 0 Å². The Morgan fingerprint density at radius 3 is 2.86 bits per heavy atom. The van der Waals surface area contributed by atoms with Gasteiger partial charge in [0.15, 0.2) is 0 Å². The standard InChI is InChI=1S/C16H21N3O3/c1-19(10-8-15(20)21)16(22)17-9-4-5-12-11-18-14-7-3-2-6-13(12)14/h2-3,6-7,11,18H,4-5,8-10H2,1H3,(H,17,22)(H,20,21). The molecule has 1 heterocycles. The summed E-state index contributed by atoms with van der Waals surface area (Å²) in [5.41, 5.74) is 2.36. The second kappa shape index (κ2) is 7.49. The number of nitrogens with zero attached hydrogens (tertiary/aromatic N) is 1. The van der Waals surface area contributed by atoms with Crippen molar-refractivity contribution in [3.63, 3.8) is 0 Å². The summed E-state index contributed by atoms with van der Waals surface area (Å²) in [6.07, 6.45) is 3.67. The summed E-state index contributed by atoms with van der Waals surface area (Å²) in [4.78, 5) is 26.8. The molecule has 2 amide bonds. The Bertz CT molecular complexity index is 651. The van der Waals surface area contributed by atoms with Crippen LogP contribution < -0.4 is 5.32 Å². The molecule has 0 radical (unpaired) electrons. The Labute approximate surface area is 129 Å². The van der Waals surface area contributed by atoms with Crippen molar-refractivity contribution in [1.29, 1.82) is 0 Å². The van der Waals surface area contributed by atoms with Crippen molar-refractivity contribution in [2.24, 2.45) is 0 Å². The van der Waals surface area contributed by atoms with Crippen LogP contribution in [0.2, 0.25) is 0 Å². The zero-order valence-corrected chi connectivity index (χ0v) is 12.6. The lowest BCUT2D eigenvalue weighted by molar-refractivity contribution is -0.137. The van der Waals surface area contributed by atoms with Gasteiger partial charge in [-0.1, -0.05) is 18.2 Å². The zero-order valence-electron chi connectivity index (χ0n) is 12.6. The van der Waals surface area contributed by atoms with Crippen molar-refractivity contribution >= 4 is 22.9 Å². The maximum Gasteiger partial charge on any atom is 0.317 e. The SMILES string of the molecule is CN(CCC(=O)O)C(=O)NCCCc1c[nH]c2ccccc12. The summed E-state index contributed by atoms with van der Waals surface area (Å²) in [6.45, 7) is 0.777. The third-order valence-corrected chi connectivity index (χ3v) is 3.58. The molecule has 0 aliphatic rings. The number of benzene rings is 1. The molecule has 0 aliphatic carbocycles. The lowest BCUT2D eigenvalue weighted by atomic mass is 10.1. The molecule has 0 aliphatic heterocycles. The number of urea groups is 1. The predicted octanol–water partition coefficient (Wildman–Crippen LogP) is 2.22. The zero-order chi connectivity index (χ0) is 15.9. The minimum absolute atomic E-state index is 0.0424. The van der Waals surface area contributed by atoms with E-state index in [9.17, 15) is 9.59 Å². The number of hydrogen-bond acceptors (Lipinski definition) is 2. The average Bonchev–Trinajstić information content (AvgIpc) is 2.92. The minimum Gasteiger partial charge on any atom is -0.481 e. The molecule has 22 heavy (non-hydrogen) atoms. The summed E-state index contributed by atoms with van der Waals surface area (Å²) >= 11 is 0. The molecule has 2 rings (SSSR count). The maximum atomic E-state index is 11.7. The van der Waals surface area contributed by atoms with Crippen molar-refractivity contribution < 1.29 is 14.7 Å². The van der Waals surface area contributed by atoms with Crippen molar-refractivity contribution in [2.75, 3.05) is 20.1 Å². The molecule has 0 spiro atoms. The van der Waals surface area contributed by atoms with E-state index < -0.39 is 5.97 Å². The number of nitrogens with one attached hydrogen (secondary N) is 2. The molecule has 6 nitrogen and oxygen atoms in total. The summed E-state index contributed by atoms with van der Waals surface area (Å²) in [5, 5.41) is 12.6. The van der Waals surface area contributed by atoms with Gasteiger partial charge in [-0.15, -0.1) is 0 Å². The first-order chi connectivity index (χ1) is 10.6. The molecule has 118 valence electrons. The molecule has 0 saturated heterocycles. The molecule has 1 aromatic heterocycles. The smallest absolute Gasteiger partial charge is 0.317 e. The number of aliphatic carboxylic acids is 1. The first-order valence-corrected chi connectivity index (χ1v) is 7.33. The van der Waals surface area contributed by atoms with Gasteiger partial charge in [-0.25, -0.2) is 4.79 Å². The summed E-state index contributed by atoms with van der Waals surface area (Å²) in [6, 6.07) is 7.90. The van der Waals surface area contributed by atoms with Gasteiger partial charge in [-0.2, -0.15) is 0 Å². The number of carboxylic acid groups (broad SMARTS) is 1. The van der Waals surface area contributed by atoms with Crippen LogP contribution in [0.3, 0.4) is 0 Å². The van der Waals surface area contributed by atoms with E-state index >= 15 is 0 Å². The van der Waals surface area contributed by atoms with E-state index in [4.69, 9.17) is 5.11 Å². The third-order valence-electron chi connectivity index (χ3n) is 3.58. The maximum absolute atomic E-state index is 11.7. The summed E-state index contributed by atoms with van der Waals surface area (Å²) < 4.78 is 0. The Morgan fingerprint density at radius 1 is 1.32 bits per heavy atom. The van der Waals surface area contributed by atoms with Crippen LogP contribution in [0, 0.1) is 0 Å². The van der Waals surface area contributed by atoms with Gasteiger partial charge in [0.1, 0.15) is 0 Å². The largest absolute Gasteiger partial charge is 0.481 e. The molecule has 0 atom stereocenters. The quantitative estimate of drug-likeness (QED) is 0.686. The van der Waals surface area contributed by atoms with Crippen LogP contribution in [0.5, 0.6) is 0 Å². The number of carbonyl (C=O) groups excluding carboxylic acids is 1. The number of carboxylic acids is 1. The van der Waals surface area contributed by atoms with Crippen LogP contribution in [0.25, 0.3) is 10.9 Å². The predicted molar refractivity (Wildman–Crippen MR) is 84.9 cm³/mol. The highest BCUT2D eigenvalue weighted by Crippen LogP contribution is 2.18. The van der Waals surface area contributed by atoms with Crippen molar-refractivity contribution in [2.45, 2.75) is 19.3 Å². The Kier molecular flexibility index (Phi) is 5.41. The Hall–Kier alpha value is -2.50. The molecule has 0 fully saturated rings. The molecule has 0 bridgehead atoms. The van der Waals surface area contributed by atoms with Crippen molar-refractivity contribution in [1.82, 2.24) is 15.2 Å². The normalized spacial score (nSPS) is 10.6. The topological polar surface area (TPSA) is 85.4 Å². The summed E-state index contributed by atoms with van der Waals surface area (Å²) in [7, 11) is 1.60. The molecule has 3 N–H and O–H groups in total. The number of fused-ring (bicyclic) bond motifs is 1. The molecular formula is C16H21N3O3. The van der Waals surface area contributed by atoms with Crippen LogP contribution in [0.4, 0.5) is 4.79 Å². The van der Waals surface area contributed by atoms with Crippen molar-refractivity contribution in [3.05, 3.63) is 36.0 Å². The molecule has 2 aromatic rings. The fraction of sp³-hybridized carbons (Fsp3) is 0.375. The molecule has 0 unspecified atom stereocenters. The highest BCUT2D eigenvalue weighted by Gasteiger charge is 2.09. The monoisotopic (exact) mass is 303 g/mol. The van der Waals surface area contributed by atoms with Crippen molar-refractivity contribution in [3.8, 4) is 0 Å². The number of carbonyl (C=O) groups is 2. The first-order valence-electron chi connectivity index (χ1n) is 7.33. The molecule has 0 saturated carbocycles. The average molecular weight is 303 g/mol. The van der Waals surface area contributed by atoms with Gasteiger partial charge in [-0.3, -0.25) is 4.79 Å². The van der Waals surface area contributed by atoms with Gasteiger partial charge in [-0.05, 0) is 24.5 Å². The van der Waals surface area contributed by atoms with Crippen LogP contribution in [0.1, 0.15) is 18.4 Å². The fourth-order valence-corrected chi connectivity index (χ4v) is 2.31. The van der Waals surface area contributed by atoms with E-state index in [1.807, 2.05) is 24.4 Å². The Morgan fingerprint density at radius 2 is 2.09 bits per heavy atom. The van der Waals surface area contributed by atoms with E-state index in [1.54, 1.807) is 7.05 Å². The number of aromatic nitrogens is 1. The van der Waals surface area contributed by atoms with Gasteiger partial charge >= 0.3 is 12.0 Å². The molecule has 1 aromatic carbocycles. The number of amides is 2. The van der Waals surface area contributed by atoms with Crippen LogP contribution in [0.15, 0.2) is 30.5 Å². The van der Waals surface area contributed by atoms with Gasteiger partial charge in [0.05, 0.1) is 6.42 Å². The van der Waals surface area contributed by atoms with E-state index in [-0.39, 0.29) is 19.0 Å². The molecule has 6 heteroatoms. The highest BCUT2D eigenvalue weighted by atomic mass is 16.4. The van der Waals surface area contributed by atoms with Crippen LogP contribution in [-0.2, 0) is 11.2 Å². The van der Waals surface area contributed by atoms with E-state index in [1.165, 1.54) is 15.8 Å². The number of aromatic amines is 1. The van der Waals surface area contributed by atoms with Crippen LogP contribution in [-0.4, -0.2) is 47.1 Å². The number of hydrogen-bond donors (Lipinski definition) is 3. The first kappa shape index (κ1) is 15.9. The van der Waals surface area contributed by atoms with E-state index in [2.05, 4.69) is 16.4 Å². The second-order valence-corrected chi connectivity index (χ2v) is 5.26. The third kappa shape index (κ3) is 4.25. The van der Waals surface area contributed by atoms with Gasteiger partial charge < -0.3 is 20.3 Å². The minimum atomic E-state index is -0.904. The van der Waals surface area contributed by atoms with Gasteiger partial charge in [0.25, 0.3) is 0 Å². The summed E-state index contributed by atoms with van der Waals surface area (Å²) in [5.74, 6) is -0.904. The lowest BCUT2D eigenvalue weighted by Gasteiger charge is -2.16. The van der Waals surface area contributed by atoms with E-state index in [0.29, 0.717) is 6.54 Å². The number of H-pyrrole nitrogens is 1. The highest BCUT2D eigenvalue weighted by molar-refractivity contribution is 5.83. The molecular weight excluding hydrogens is 282 g/mol.